The number of aliphatic carboxylic acids is 1. The lowest BCUT2D eigenvalue weighted by Crippen LogP contribution is -2.42. The van der Waals surface area contributed by atoms with Crippen molar-refractivity contribution in [3.8, 4) is 0 Å². The van der Waals surface area contributed by atoms with Gasteiger partial charge in [-0.3, -0.25) is 4.79 Å². The van der Waals surface area contributed by atoms with E-state index in [-0.39, 0.29) is 6.54 Å². The van der Waals surface area contributed by atoms with Crippen molar-refractivity contribution in [3.05, 3.63) is 0 Å². The molecule has 0 radical (unpaired) electrons. The molecule has 8 heteroatoms. The predicted octanol–water partition coefficient (Wildman–Crippen LogP) is 5.87. The van der Waals surface area contributed by atoms with Crippen LogP contribution in [0.1, 0.15) is 122 Å². The summed E-state index contributed by atoms with van der Waals surface area (Å²) in [6.07, 6.45) is 22.1. The standard InChI is InChI=1S/C23H48NO6P/c1-2-3-4-5-6-7-8-9-10-11-12-13-14-15-16-17-18-19-20-24(31(28,29)30)22(21-25)23(26)27/h22,25H,2-21H2,1H3,(H,26,27)(H2,28,29,30)/t22-/m0/s1. The molecular formula is C23H48NO6P. The number of aliphatic hydroxyl groups is 1. The van der Waals surface area contributed by atoms with Crippen molar-refractivity contribution >= 4 is 13.7 Å². The van der Waals surface area contributed by atoms with Crippen molar-refractivity contribution in [2.24, 2.45) is 0 Å². The zero-order chi connectivity index (χ0) is 23.4. The minimum Gasteiger partial charge on any atom is -0.480 e. The van der Waals surface area contributed by atoms with Crippen LogP contribution in [0.5, 0.6) is 0 Å². The highest BCUT2D eigenvalue weighted by molar-refractivity contribution is 7.49. The number of hydrogen-bond acceptors (Lipinski definition) is 3. The average Bonchev–Trinajstić information content (AvgIpc) is 2.71. The lowest BCUT2D eigenvalue weighted by molar-refractivity contribution is -0.143. The van der Waals surface area contributed by atoms with Gasteiger partial charge in [-0.1, -0.05) is 116 Å². The average molecular weight is 466 g/mol. The molecule has 0 aliphatic rings. The Morgan fingerprint density at radius 3 is 1.29 bits per heavy atom. The maximum absolute atomic E-state index is 11.5. The SMILES string of the molecule is CCCCCCCCCCCCCCCCCCCCN([C@@H](CO)C(=O)O)P(=O)(O)O. The van der Waals surface area contributed by atoms with Gasteiger partial charge in [0.25, 0.3) is 0 Å². The molecule has 0 unspecified atom stereocenters. The third kappa shape index (κ3) is 17.7. The predicted molar refractivity (Wildman–Crippen MR) is 126 cm³/mol. The van der Waals surface area contributed by atoms with Crippen LogP contribution in [0.3, 0.4) is 0 Å². The molecule has 0 aromatic rings. The van der Waals surface area contributed by atoms with Crippen LogP contribution in [0.4, 0.5) is 0 Å². The van der Waals surface area contributed by atoms with E-state index in [2.05, 4.69) is 6.92 Å². The zero-order valence-electron chi connectivity index (χ0n) is 19.7. The molecular weight excluding hydrogens is 417 g/mol. The van der Waals surface area contributed by atoms with Crippen LogP contribution in [0.25, 0.3) is 0 Å². The summed E-state index contributed by atoms with van der Waals surface area (Å²) in [5.41, 5.74) is 0. The summed E-state index contributed by atoms with van der Waals surface area (Å²) >= 11 is 0. The van der Waals surface area contributed by atoms with Crippen LogP contribution in [0, 0.1) is 0 Å². The Morgan fingerprint density at radius 2 is 1.03 bits per heavy atom. The Bertz CT molecular complexity index is 471. The second-order valence-corrected chi connectivity index (χ2v) is 10.3. The number of carboxylic acid groups (broad SMARTS) is 1. The molecule has 0 amide bonds. The molecule has 0 aliphatic heterocycles. The Hall–Kier alpha value is -0.460. The molecule has 0 fully saturated rings. The van der Waals surface area contributed by atoms with E-state index in [1.807, 2.05) is 0 Å². The quantitative estimate of drug-likeness (QED) is 0.110. The first-order valence-electron chi connectivity index (χ1n) is 12.5. The first kappa shape index (κ1) is 30.5. The monoisotopic (exact) mass is 465 g/mol. The summed E-state index contributed by atoms with van der Waals surface area (Å²) in [4.78, 5) is 29.7. The van der Waals surface area contributed by atoms with Gasteiger partial charge in [0, 0.05) is 6.54 Å². The van der Waals surface area contributed by atoms with Gasteiger partial charge in [-0.2, -0.15) is 4.67 Å². The topological polar surface area (TPSA) is 118 Å². The minimum absolute atomic E-state index is 0.0272. The highest BCUT2D eigenvalue weighted by Gasteiger charge is 2.36. The van der Waals surface area contributed by atoms with Crippen molar-refractivity contribution in [2.45, 2.75) is 129 Å². The van der Waals surface area contributed by atoms with Crippen LogP contribution < -0.4 is 0 Å². The Balaban J connectivity index is 3.53. The maximum atomic E-state index is 11.5. The Kier molecular flexibility index (Phi) is 19.9. The van der Waals surface area contributed by atoms with Crippen LogP contribution >= 0.6 is 7.75 Å². The van der Waals surface area contributed by atoms with Gasteiger partial charge in [-0.15, -0.1) is 0 Å². The van der Waals surface area contributed by atoms with E-state index in [0.29, 0.717) is 11.1 Å². The molecule has 0 heterocycles. The molecule has 0 aliphatic carbocycles. The first-order chi connectivity index (χ1) is 14.8. The van der Waals surface area contributed by atoms with Gasteiger partial charge in [-0.25, -0.2) is 4.57 Å². The van der Waals surface area contributed by atoms with Crippen molar-refractivity contribution in [3.63, 3.8) is 0 Å². The van der Waals surface area contributed by atoms with E-state index in [4.69, 9.17) is 10.2 Å². The number of hydrogen-bond donors (Lipinski definition) is 4. The summed E-state index contributed by atoms with van der Waals surface area (Å²) in [7, 11) is -4.70. The second-order valence-electron chi connectivity index (χ2n) is 8.72. The van der Waals surface area contributed by atoms with Gasteiger partial charge in [0.2, 0.25) is 0 Å². The highest BCUT2D eigenvalue weighted by atomic mass is 31.2. The summed E-state index contributed by atoms with van der Waals surface area (Å²) in [6, 6.07) is -1.56. The molecule has 7 nitrogen and oxygen atoms in total. The summed E-state index contributed by atoms with van der Waals surface area (Å²) in [5.74, 6) is -1.42. The largest absolute Gasteiger partial charge is 0.480 e. The van der Waals surface area contributed by atoms with Crippen molar-refractivity contribution in [1.29, 1.82) is 0 Å². The van der Waals surface area contributed by atoms with Crippen LogP contribution in [-0.4, -0.2) is 49.8 Å². The fraction of sp³-hybridized carbons (Fsp3) is 0.957. The molecule has 4 N–H and O–H groups in total. The minimum atomic E-state index is -4.70. The van der Waals surface area contributed by atoms with E-state index < -0.39 is 26.4 Å². The van der Waals surface area contributed by atoms with Gasteiger partial charge < -0.3 is 20.0 Å². The molecule has 0 spiro atoms. The van der Waals surface area contributed by atoms with E-state index in [9.17, 15) is 19.1 Å². The molecule has 0 rings (SSSR count). The first-order valence-corrected chi connectivity index (χ1v) is 14.1. The Labute approximate surface area is 189 Å². The van der Waals surface area contributed by atoms with Gasteiger partial charge >= 0.3 is 13.7 Å². The normalized spacial score (nSPS) is 13.1. The van der Waals surface area contributed by atoms with Crippen LogP contribution in [0.2, 0.25) is 0 Å². The van der Waals surface area contributed by atoms with Crippen molar-refractivity contribution < 1.29 is 29.4 Å². The number of carbonyl (C=O) groups is 1. The fourth-order valence-electron chi connectivity index (χ4n) is 3.94. The van der Waals surface area contributed by atoms with E-state index >= 15 is 0 Å². The summed E-state index contributed by atoms with van der Waals surface area (Å²) < 4.78 is 12.1. The third-order valence-corrected chi connectivity index (χ3v) is 7.04. The van der Waals surface area contributed by atoms with Gasteiger partial charge in [-0.05, 0) is 6.42 Å². The molecule has 0 saturated heterocycles. The highest BCUT2D eigenvalue weighted by Crippen LogP contribution is 2.42. The van der Waals surface area contributed by atoms with Gasteiger partial charge in [0.15, 0.2) is 0 Å². The smallest absolute Gasteiger partial charge is 0.403 e. The molecule has 1 atom stereocenters. The lowest BCUT2D eigenvalue weighted by Gasteiger charge is -2.27. The molecule has 0 aromatic carbocycles. The van der Waals surface area contributed by atoms with Crippen molar-refractivity contribution in [1.82, 2.24) is 4.67 Å². The molecule has 31 heavy (non-hydrogen) atoms. The molecule has 0 bridgehead atoms. The second kappa shape index (κ2) is 20.2. The number of nitrogens with zero attached hydrogens (tertiary/aromatic N) is 1. The molecule has 186 valence electrons. The number of rotatable bonds is 23. The third-order valence-electron chi connectivity index (χ3n) is 5.89. The molecule has 0 aromatic heterocycles. The zero-order valence-corrected chi connectivity index (χ0v) is 20.6. The number of carboxylic acids is 1. The van der Waals surface area contributed by atoms with E-state index in [1.54, 1.807) is 0 Å². The van der Waals surface area contributed by atoms with Gasteiger partial charge in [0.05, 0.1) is 6.61 Å². The van der Waals surface area contributed by atoms with E-state index in [0.717, 1.165) is 19.3 Å². The van der Waals surface area contributed by atoms with Gasteiger partial charge in [0.1, 0.15) is 6.04 Å². The summed E-state index contributed by atoms with van der Waals surface area (Å²) in [6.45, 7) is 1.41. The maximum Gasteiger partial charge on any atom is 0.403 e. The lowest BCUT2D eigenvalue weighted by atomic mass is 10.0. The summed E-state index contributed by atoms with van der Waals surface area (Å²) in [5, 5.41) is 18.1. The Morgan fingerprint density at radius 1 is 0.710 bits per heavy atom. The fourth-order valence-corrected chi connectivity index (χ4v) is 4.88. The van der Waals surface area contributed by atoms with Crippen LogP contribution in [0.15, 0.2) is 0 Å². The van der Waals surface area contributed by atoms with Crippen molar-refractivity contribution in [2.75, 3.05) is 13.2 Å². The number of unbranched alkanes of at least 4 members (excludes halogenated alkanes) is 17. The molecule has 0 saturated carbocycles. The van der Waals surface area contributed by atoms with E-state index in [1.165, 1.54) is 89.9 Å². The van der Waals surface area contributed by atoms with Crippen LogP contribution in [-0.2, 0) is 9.36 Å². The number of aliphatic hydroxyl groups excluding tert-OH is 1.